The van der Waals surface area contributed by atoms with Gasteiger partial charge in [0.15, 0.2) is 0 Å². The smallest absolute Gasteiger partial charge is 0.216 e. The number of nitrogens with zero attached hydrogens (tertiary/aromatic N) is 1. The van der Waals surface area contributed by atoms with Crippen molar-refractivity contribution >= 4 is 0 Å². The molecule has 0 radical (unpaired) electrons. The number of hydrogen-bond donors (Lipinski definition) is 1. The fraction of sp³-hybridized carbons (Fsp3) is 0.583. The van der Waals surface area contributed by atoms with Crippen LogP contribution in [0, 0.1) is 0 Å². The third kappa shape index (κ3) is 3.10. The lowest BCUT2D eigenvalue weighted by molar-refractivity contribution is 0.200. The second-order valence-corrected chi connectivity index (χ2v) is 4.21. The van der Waals surface area contributed by atoms with Gasteiger partial charge in [-0.1, -0.05) is 6.07 Å². The van der Waals surface area contributed by atoms with Crippen LogP contribution in [0.3, 0.4) is 0 Å². The molecule has 2 heterocycles. The molecule has 1 unspecified atom stereocenters. The Hall–Kier alpha value is -1.29. The van der Waals surface area contributed by atoms with Gasteiger partial charge in [-0.3, -0.25) is 0 Å². The molecule has 1 N–H and O–H groups in total. The molecule has 0 saturated carbocycles. The first-order valence-corrected chi connectivity index (χ1v) is 5.75. The quantitative estimate of drug-likeness (QED) is 0.840. The zero-order chi connectivity index (χ0) is 11.4. The summed E-state index contributed by atoms with van der Waals surface area (Å²) in [5, 5.41) is 3.26. The van der Waals surface area contributed by atoms with Crippen LogP contribution in [-0.2, 0) is 0 Å². The van der Waals surface area contributed by atoms with Gasteiger partial charge in [0.2, 0.25) is 11.8 Å². The van der Waals surface area contributed by atoms with Gasteiger partial charge in [-0.2, -0.15) is 4.98 Å². The normalized spacial score (nSPS) is 20.1. The second-order valence-electron chi connectivity index (χ2n) is 4.21. The molecule has 0 aromatic carbocycles. The Bertz CT molecular complexity index is 336. The zero-order valence-corrected chi connectivity index (χ0v) is 9.77. The molecular formula is C12H18N2O2. The third-order valence-electron chi connectivity index (χ3n) is 2.36. The van der Waals surface area contributed by atoms with Crippen molar-refractivity contribution in [1.82, 2.24) is 10.3 Å². The van der Waals surface area contributed by atoms with Crippen LogP contribution in [0.2, 0.25) is 0 Å². The van der Waals surface area contributed by atoms with Crippen LogP contribution >= 0.6 is 0 Å². The number of nitrogens with one attached hydrogen (secondary N) is 1. The van der Waals surface area contributed by atoms with Crippen molar-refractivity contribution < 1.29 is 9.47 Å². The van der Waals surface area contributed by atoms with Gasteiger partial charge < -0.3 is 14.8 Å². The fourth-order valence-corrected chi connectivity index (χ4v) is 1.67. The molecule has 2 rings (SSSR count). The topological polar surface area (TPSA) is 43.4 Å². The minimum atomic E-state index is 0.135. The van der Waals surface area contributed by atoms with Crippen LogP contribution in [0.5, 0.6) is 11.8 Å². The van der Waals surface area contributed by atoms with E-state index >= 15 is 0 Å². The molecule has 0 amide bonds. The molecule has 16 heavy (non-hydrogen) atoms. The van der Waals surface area contributed by atoms with E-state index in [1.165, 1.54) is 0 Å². The summed E-state index contributed by atoms with van der Waals surface area (Å²) in [7, 11) is 0. The summed E-state index contributed by atoms with van der Waals surface area (Å²) in [6, 6.07) is 5.62. The van der Waals surface area contributed by atoms with Crippen molar-refractivity contribution in [3.8, 4) is 11.8 Å². The summed E-state index contributed by atoms with van der Waals surface area (Å²) in [6.45, 7) is 5.88. The molecular weight excluding hydrogens is 204 g/mol. The van der Waals surface area contributed by atoms with Crippen LogP contribution in [0.1, 0.15) is 20.3 Å². The number of rotatable bonds is 4. The van der Waals surface area contributed by atoms with E-state index in [0.717, 1.165) is 19.5 Å². The Kier molecular flexibility index (Phi) is 3.62. The molecule has 1 fully saturated rings. The molecule has 1 saturated heterocycles. The molecule has 88 valence electrons. The molecule has 0 spiro atoms. The molecule has 1 atom stereocenters. The van der Waals surface area contributed by atoms with E-state index in [4.69, 9.17) is 9.47 Å². The van der Waals surface area contributed by atoms with Gasteiger partial charge in [0.1, 0.15) is 6.10 Å². The van der Waals surface area contributed by atoms with Crippen molar-refractivity contribution in [2.24, 2.45) is 0 Å². The highest BCUT2D eigenvalue weighted by Gasteiger charge is 2.16. The first-order valence-electron chi connectivity index (χ1n) is 5.75. The van der Waals surface area contributed by atoms with E-state index in [1.807, 2.05) is 32.0 Å². The van der Waals surface area contributed by atoms with E-state index in [2.05, 4.69) is 10.3 Å². The maximum atomic E-state index is 5.74. The van der Waals surface area contributed by atoms with Gasteiger partial charge in [0.05, 0.1) is 6.10 Å². The average molecular weight is 222 g/mol. The number of ether oxygens (including phenoxy) is 2. The van der Waals surface area contributed by atoms with Crippen molar-refractivity contribution in [3.05, 3.63) is 18.2 Å². The Labute approximate surface area is 96.0 Å². The van der Waals surface area contributed by atoms with Crippen molar-refractivity contribution in [2.45, 2.75) is 32.5 Å². The van der Waals surface area contributed by atoms with Gasteiger partial charge in [0.25, 0.3) is 0 Å². The summed E-state index contributed by atoms with van der Waals surface area (Å²) in [4.78, 5) is 4.30. The minimum Gasteiger partial charge on any atom is -0.475 e. The molecule has 4 heteroatoms. The predicted octanol–water partition coefficient (Wildman–Crippen LogP) is 1.61. The Morgan fingerprint density at radius 1 is 1.38 bits per heavy atom. The number of pyridine rings is 1. The fourth-order valence-electron chi connectivity index (χ4n) is 1.67. The Morgan fingerprint density at radius 3 is 2.88 bits per heavy atom. The largest absolute Gasteiger partial charge is 0.475 e. The Morgan fingerprint density at radius 2 is 2.19 bits per heavy atom. The first-order chi connectivity index (χ1) is 7.74. The second kappa shape index (κ2) is 5.16. The van der Waals surface area contributed by atoms with Crippen molar-refractivity contribution in [2.75, 3.05) is 13.1 Å². The molecule has 1 aromatic rings. The van der Waals surface area contributed by atoms with E-state index < -0.39 is 0 Å². The van der Waals surface area contributed by atoms with Crippen LogP contribution in [0.15, 0.2) is 18.2 Å². The summed E-state index contributed by atoms with van der Waals surface area (Å²) in [6.07, 6.45) is 1.41. The molecule has 0 aliphatic carbocycles. The highest BCUT2D eigenvalue weighted by molar-refractivity contribution is 5.20. The van der Waals surface area contributed by atoms with Crippen LogP contribution in [-0.4, -0.2) is 30.3 Å². The highest BCUT2D eigenvalue weighted by Crippen LogP contribution is 2.17. The SMILES string of the molecule is CC(C)Oc1cccc(OC2CCNC2)n1. The van der Waals surface area contributed by atoms with E-state index in [-0.39, 0.29) is 12.2 Å². The van der Waals surface area contributed by atoms with Gasteiger partial charge in [0, 0.05) is 18.7 Å². The third-order valence-corrected chi connectivity index (χ3v) is 2.36. The molecule has 4 nitrogen and oxygen atoms in total. The predicted molar refractivity (Wildman–Crippen MR) is 61.9 cm³/mol. The first kappa shape index (κ1) is 11.2. The van der Waals surface area contributed by atoms with Crippen LogP contribution in [0.4, 0.5) is 0 Å². The van der Waals surface area contributed by atoms with Gasteiger partial charge in [-0.25, -0.2) is 0 Å². The van der Waals surface area contributed by atoms with Gasteiger partial charge in [-0.15, -0.1) is 0 Å². The lowest BCUT2D eigenvalue weighted by atomic mass is 10.3. The van der Waals surface area contributed by atoms with E-state index in [1.54, 1.807) is 0 Å². The monoisotopic (exact) mass is 222 g/mol. The van der Waals surface area contributed by atoms with Crippen LogP contribution in [0.25, 0.3) is 0 Å². The average Bonchev–Trinajstić information content (AvgIpc) is 2.70. The van der Waals surface area contributed by atoms with Gasteiger partial charge in [-0.05, 0) is 26.8 Å². The van der Waals surface area contributed by atoms with E-state index in [9.17, 15) is 0 Å². The maximum Gasteiger partial charge on any atom is 0.216 e. The summed E-state index contributed by atoms with van der Waals surface area (Å²) in [5.74, 6) is 1.27. The van der Waals surface area contributed by atoms with Crippen molar-refractivity contribution in [1.29, 1.82) is 0 Å². The highest BCUT2D eigenvalue weighted by atomic mass is 16.5. The zero-order valence-electron chi connectivity index (χ0n) is 9.77. The van der Waals surface area contributed by atoms with Crippen molar-refractivity contribution in [3.63, 3.8) is 0 Å². The Balaban J connectivity index is 1.97. The number of hydrogen-bond acceptors (Lipinski definition) is 4. The van der Waals surface area contributed by atoms with Crippen LogP contribution < -0.4 is 14.8 Å². The number of aromatic nitrogens is 1. The summed E-state index contributed by atoms with van der Waals surface area (Å²) in [5.41, 5.74) is 0. The summed E-state index contributed by atoms with van der Waals surface area (Å²) >= 11 is 0. The van der Waals surface area contributed by atoms with Gasteiger partial charge >= 0.3 is 0 Å². The van der Waals surface area contributed by atoms with E-state index in [0.29, 0.717) is 11.8 Å². The molecule has 1 aliphatic heterocycles. The summed E-state index contributed by atoms with van der Waals surface area (Å²) < 4.78 is 11.3. The lowest BCUT2D eigenvalue weighted by Crippen LogP contribution is -2.20. The molecule has 0 bridgehead atoms. The lowest BCUT2D eigenvalue weighted by Gasteiger charge is -2.13. The molecule has 1 aromatic heterocycles. The maximum absolute atomic E-state index is 5.74. The molecule has 1 aliphatic rings. The minimum absolute atomic E-state index is 0.135. The standard InChI is InChI=1S/C12H18N2O2/c1-9(2)15-11-4-3-5-12(14-11)16-10-6-7-13-8-10/h3-5,9-10,13H,6-8H2,1-2H3.